The molecule has 0 fully saturated rings. The second-order valence-corrected chi connectivity index (χ2v) is 7.45. The highest BCUT2D eigenvalue weighted by Crippen LogP contribution is 2.32. The summed E-state index contributed by atoms with van der Waals surface area (Å²) < 4.78 is 11.1. The van der Waals surface area contributed by atoms with Crippen LogP contribution >= 0.6 is 0 Å². The summed E-state index contributed by atoms with van der Waals surface area (Å²) in [5.74, 6) is -2.28. The van der Waals surface area contributed by atoms with Crippen molar-refractivity contribution in [2.45, 2.75) is 47.1 Å². The number of carboxylic acid groups (broad SMARTS) is 1. The number of nitrogens with one attached hydrogen (secondary N) is 1. The molecule has 3 aromatic rings. The standard InChI is InChI=1S/C21H23NO6/c1-9(2)17(20(24)25)22-16(23)7-15-11(4)14-6-13-10(3)8-27-18(13)12(5)19(14)28-21(15)26/h6,8-9,17H,7H2,1-5H3,(H,22,23)(H,24,25)/p-1/t17-/m0/s1. The van der Waals surface area contributed by atoms with Crippen molar-refractivity contribution in [2.24, 2.45) is 5.92 Å². The maximum absolute atomic E-state index is 12.5. The molecule has 0 saturated heterocycles. The Balaban J connectivity index is 2.06. The Labute approximate surface area is 161 Å². The van der Waals surface area contributed by atoms with E-state index >= 15 is 0 Å². The molecule has 1 atom stereocenters. The fraction of sp³-hybridized carbons (Fsp3) is 0.381. The first-order valence-corrected chi connectivity index (χ1v) is 9.05. The molecule has 0 bridgehead atoms. The van der Waals surface area contributed by atoms with Gasteiger partial charge in [-0.15, -0.1) is 0 Å². The molecule has 148 valence electrons. The number of hydrogen-bond acceptors (Lipinski definition) is 6. The number of aliphatic carboxylic acids is 1. The van der Waals surface area contributed by atoms with Crippen molar-refractivity contribution in [1.82, 2.24) is 5.32 Å². The van der Waals surface area contributed by atoms with Crippen molar-refractivity contribution < 1.29 is 23.5 Å². The van der Waals surface area contributed by atoms with E-state index in [1.54, 1.807) is 27.0 Å². The van der Waals surface area contributed by atoms with E-state index in [2.05, 4.69) is 5.32 Å². The minimum atomic E-state index is -1.36. The predicted octanol–water partition coefficient (Wildman–Crippen LogP) is 1.90. The first-order chi connectivity index (χ1) is 13.1. The van der Waals surface area contributed by atoms with E-state index in [9.17, 15) is 19.5 Å². The number of carbonyl (C=O) groups excluding carboxylic acids is 2. The third-order valence-electron chi connectivity index (χ3n) is 5.11. The zero-order valence-electron chi connectivity index (χ0n) is 16.5. The third-order valence-corrected chi connectivity index (χ3v) is 5.11. The summed E-state index contributed by atoms with van der Waals surface area (Å²) in [4.78, 5) is 36.1. The Kier molecular flexibility index (Phi) is 5.02. The van der Waals surface area contributed by atoms with Gasteiger partial charge in [0.15, 0.2) is 0 Å². The molecule has 0 saturated carbocycles. The van der Waals surface area contributed by atoms with Gasteiger partial charge in [-0.3, -0.25) is 4.79 Å². The summed E-state index contributed by atoms with van der Waals surface area (Å²) in [6.45, 7) is 8.82. The fourth-order valence-corrected chi connectivity index (χ4v) is 3.41. The number of carbonyl (C=O) groups is 2. The number of furan rings is 1. The Bertz CT molecular complexity index is 1150. The summed E-state index contributed by atoms with van der Waals surface area (Å²) in [5.41, 5.74) is 2.95. The van der Waals surface area contributed by atoms with Crippen molar-refractivity contribution >= 4 is 33.8 Å². The number of hydrogen-bond donors (Lipinski definition) is 1. The van der Waals surface area contributed by atoms with Crippen LogP contribution in [-0.2, 0) is 16.0 Å². The number of amides is 1. The van der Waals surface area contributed by atoms with Crippen LogP contribution in [0.5, 0.6) is 0 Å². The lowest BCUT2D eigenvalue weighted by Crippen LogP contribution is -2.51. The van der Waals surface area contributed by atoms with Gasteiger partial charge in [0.25, 0.3) is 0 Å². The molecule has 0 radical (unpaired) electrons. The average Bonchev–Trinajstić information content (AvgIpc) is 2.98. The molecule has 1 N–H and O–H groups in total. The molecule has 0 aliphatic heterocycles. The lowest BCUT2D eigenvalue weighted by atomic mass is 9.98. The molecule has 1 amide bonds. The molecule has 2 heterocycles. The van der Waals surface area contributed by atoms with Crippen LogP contribution < -0.4 is 16.0 Å². The van der Waals surface area contributed by atoms with E-state index in [1.165, 1.54) is 0 Å². The van der Waals surface area contributed by atoms with Crippen molar-refractivity contribution in [3.05, 3.63) is 45.0 Å². The normalized spacial score (nSPS) is 12.6. The van der Waals surface area contributed by atoms with E-state index in [4.69, 9.17) is 8.83 Å². The van der Waals surface area contributed by atoms with E-state index in [-0.39, 0.29) is 17.9 Å². The molecule has 2 aromatic heterocycles. The first-order valence-electron chi connectivity index (χ1n) is 9.05. The maximum atomic E-state index is 12.5. The van der Waals surface area contributed by atoms with Crippen LogP contribution in [0.15, 0.2) is 26.0 Å². The lowest BCUT2D eigenvalue weighted by molar-refractivity contribution is -0.309. The fourth-order valence-electron chi connectivity index (χ4n) is 3.41. The highest BCUT2D eigenvalue weighted by Gasteiger charge is 2.22. The summed E-state index contributed by atoms with van der Waals surface area (Å²) >= 11 is 0. The Morgan fingerprint density at radius 1 is 1.11 bits per heavy atom. The quantitative estimate of drug-likeness (QED) is 0.672. The van der Waals surface area contributed by atoms with Crippen molar-refractivity contribution in [1.29, 1.82) is 0 Å². The first kappa shape index (κ1) is 19.7. The molecule has 0 unspecified atom stereocenters. The van der Waals surface area contributed by atoms with Crippen LogP contribution in [0.1, 0.15) is 36.1 Å². The largest absolute Gasteiger partial charge is 0.548 e. The minimum absolute atomic E-state index is 0.200. The Morgan fingerprint density at radius 2 is 1.79 bits per heavy atom. The Hall–Kier alpha value is -3.09. The van der Waals surface area contributed by atoms with Crippen LogP contribution in [0, 0.1) is 26.7 Å². The number of carboxylic acids is 1. The second kappa shape index (κ2) is 7.14. The predicted molar refractivity (Wildman–Crippen MR) is 102 cm³/mol. The van der Waals surface area contributed by atoms with E-state index < -0.39 is 23.5 Å². The van der Waals surface area contributed by atoms with Gasteiger partial charge in [0.05, 0.1) is 30.3 Å². The van der Waals surface area contributed by atoms with Gasteiger partial charge in [-0.1, -0.05) is 13.8 Å². The van der Waals surface area contributed by atoms with Crippen molar-refractivity contribution in [3.63, 3.8) is 0 Å². The van der Waals surface area contributed by atoms with Gasteiger partial charge in [0.1, 0.15) is 11.2 Å². The van der Waals surface area contributed by atoms with Gasteiger partial charge in [-0.25, -0.2) is 4.79 Å². The van der Waals surface area contributed by atoms with E-state index in [0.29, 0.717) is 22.3 Å². The summed E-state index contributed by atoms with van der Waals surface area (Å²) in [5, 5.41) is 15.2. The van der Waals surface area contributed by atoms with Gasteiger partial charge in [0.2, 0.25) is 5.91 Å². The van der Waals surface area contributed by atoms with Gasteiger partial charge in [0, 0.05) is 16.3 Å². The number of aryl methyl sites for hydroxylation is 3. The maximum Gasteiger partial charge on any atom is 0.340 e. The second-order valence-electron chi connectivity index (χ2n) is 7.45. The van der Waals surface area contributed by atoms with E-state index in [1.807, 2.05) is 19.9 Å². The molecular weight excluding hydrogens is 362 g/mol. The molecule has 28 heavy (non-hydrogen) atoms. The van der Waals surface area contributed by atoms with Crippen LogP contribution in [0.4, 0.5) is 0 Å². The summed E-state index contributed by atoms with van der Waals surface area (Å²) in [7, 11) is 0. The lowest BCUT2D eigenvalue weighted by Gasteiger charge is -2.23. The summed E-state index contributed by atoms with van der Waals surface area (Å²) in [6, 6.07) is 0.754. The summed E-state index contributed by atoms with van der Waals surface area (Å²) in [6.07, 6.45) is 1.37. The molecule has 7 heteroatoms. The smallest absolute Gasteiger partial charge is 0.340 e. The van der Waals surface area contributed by atoms with Crippen LogP contribution in [0.3, 0.4) is 0 Å². The van der Waals surface area contributed by atoms with Crippen LogP contribution in [0.25, 0.3) is 21.9 Å². The number of rotatable bonds is 5. The topological polar surface area (TPSA) is 113 Å². The van der Waals surface area contributed by atoms with Crippen LogP contribution in [-0.4, -0.2) is 17.9 Å². The van der Waals surface area contributed by atoms with E-state index in [0.717, 1.165) is 16.3 Å². The number of benzene rings is 1. The molecule has 1 aromatic carbocycles. The molecule has 3 rings (SSSR count). The van der Waals surface area contributed by atoms with Gasteiger partial charge in [-0.2, -0.15) is 0 Å². The minimum Gasteiger partial charge on any atom is -0.548 e. The molecule has 0 aliphatic carbocycles. The molecule has 0 spiro atoms. The number of fused-ring (bicyclic) bond motifs is 2. The SMILES string of the molecule is Cc1coc2c(C)c3oc(=O)c(CC(=O)N[C@H](C(=O)[O-])C(C)C)c(C)c3cc12. The van der Waals surface area contributed by atoms with Crippen molar-refractivity contribution in [3.8, 4) is 0 Å². The van der Waals surface area contributed by atoms with Gasteiger partial charge >= 0.3 is 5.63 Å². The molecule has 0 aliphatic rings. The Morgan fingerprint density at radius 3 is 2.39 bits per heavy atom. The van der Waals surface area contributed by atoms with Gasteiger partial charge < -0.3 is 24.1 Å². The zero-order chi connectivity index (χ0) is 20.7. The van der Waals surface area contributed by atoms with Gasteiger partial charge in [-0.05, 0) is 43.9 Å². The highest BCUT2D eigenvalue weighted by molar-refractivity contribution is 6.00. The molecular formula is C21H22NO6-. The highest BCUT2D eigenvalue weighted by atomic mass is 16.4. The third kappa shape index (κ3) is 3.28. The molecule has 7 nitrogen and oxygen atoms in total. The van der Waals surface area contributed by atoms with Crippen LogP contribution in [0.2, 0.25) is 0 Å². The monoisotopic (exact) mass is 384 g/mol. The zero-order valence-corrected chi connectivity index (χ0v) is 16.5. The average molecular weight is 384 g/mol. The van der Waals surface area contributed by atoms with Crippen molar-refractivity contribution in [2.75, 3.05) is 0 Å².